The van der Waals surface area contributed by atoms with Crippen LogP contribution in [0.15, 0.2) is 0 Å². The number of sulfone groups is 1. The summed E-state index contributed by atoms with van der Waals surface area (Å²) < 4.78 is 33.6. The number of nitrogens with one attached hydrogen (secondary N) is 1. The summed E-state index contributed by atoms with van der Waals surface area (Å²) in [6, 6.07) is 0. The second-order valence-corrected chi connectivity index (χ2v) is 7.68. The van der Waals surface area contributed by atoms with Crippen LogP contribution >= 0.6 is 0 Å². The summed E-state index contributed by atoms with van der Waals surface area (Å²) in [6.07, 6.45) is 5.03. The van der Waals surface area contributed by atoms with Crippen molar-refractivity contribution in [1.29, 1.82) is 0 Å². The highest BCUT2D eigenvalue weighted by Crippen LogP contribution is 2.35. The molecule has 0 aromatic carbocycles. The van der Waals surface area contributed by atoms with Crippen molar-refractivity contribution < 1.29 is 17.9 Å². The lowest BCUT2D eigenvalue weighted by molar-refractivity contribution is -0.0232. The fourth-order valence-electron chi connectivity index (χ4n) is 2.71. The van der Waals surface area contributed by atoms with Crippen LogP contribution in [0.4, 0.5) is 0 Å². The fraction of sp³-hybridized carbons (Fsp3) is 1.00. The van der Waals surface area contributed by atoms with E-state index < -0.39 is 9.84 Å². The quantitative estimate of drug-likeness (QED) is 0.735. The van der Waals surface area contributed by atoms with E-state index in [-0.39, 0.29) is 17.5 Å². The van der Waals surface area contributed by atoms with Crippen LogP contribution in [0, 0.1) is 0 Å². The summed E-state index contributed by atoms with van der Waals surface area (Å²) in [7, 11) is -2.87. The number of piperidine rings is 1. The first-order valence-corrected chi connectivity index (χ1v) is 8.69. The van der Waals surface area contributed by atoms with Crippen LogP contribution in [0.5, 0.6) is 0 Å². The Labute approximate surface area is 109 Å². The monoisotopic (exact) mass is 277 g/mol. The van der Waals surface area contributed by atoms with Crippen molar-refractivity contribution in [1.82, 2.24) is 5.32 Å². The van der Waals surface area contributed by atoms with Gasteiger partial charge in [-0.15, -0.1) is 0 Å². The Morgan fingerprint density at radius 3 is 2.78 bits per heavy atom. The Morgan fingerprint density at radius 1 is 1.39 bits per heavy atom. The standard InChI is InChI=1S/C12H23NO4S/c1-18(14,15)8-2-7-16-11-9-12(17-10-11)3-5-13-6-4-12/h11,13H,2-10H2,1H3. The van der Waals surface area contributed by atoms with E-state index in [0.29, 0.717) is 19.6 Å². The second kappa shape index (κ2) is 5.86. The molecule has 0 aliphatic carbocycles. The van der Waals surface area contributed by atoms with Gasteiger partial charge in [0.25, 0.3) is 0 Å². The lowest BCUT2D eigenvalue weighted by atomic mass is 9.89. The molecule has 2 aliphatic heterocycles. The van der Waals surface area contributed by atoms with Gasteiger partial charge in [0.15, 0.2) is 0 Å². The SMILES string of the molecule is CS(=O)(=O)CCCOC1COC2(CCNCC2)C1. The molecule has 106 valence electrons. The maximum atomic E-state index is 11.0. The van der Waals surface area contributed by atoms with Crippen LogP contribution in [0.1, 0.15) is 25.7 Å². The Bertz CT molecular complexity index is 362. The Hall–Kier alpha value is -0.170. The average molecular weight is 277 g/mol. The Balaban J connectivity index is 1.66. The van der Waals surface area contributed by atoms with Crippen molar-refractivity contribution in [2.45, 2.75) is 37.4 Å². The topological polar surface area (TPSA) is 64.6 Å². The third-order valence-electron chi connectivity index (χ3n) is 3.70. The van der Waals surface area contributed by atoms with E-state index in [1.807, 2.05) is 0 Å². The summed E-state index contributed by atoms with van der Waals surface area (Å²) in [6.45, 7) is 3.19. The largest absolute Gasteiger partial charge is 0.376 e. The highest BCUT2D eigenvalue weighted by atomic mass is 32.2. The zero-order valence-electron chi connectivity index (χ0n) is 11.0. The minimum absolute atomic E-state index is 0.0206. The molecule has 0 bridgehead atoms. The maximum Gasteiger partial charge on any atom is 0.147 e. The molecule has 0 amide bonds. The van der Waals surface area contributed by atoms with E-state index in [9.17, 15) is 8.42 Å². The molecule has 6 heteroatoms. The first kappa shape index (κ1) is 14.2. The van der Waals surface area contributed by atoms with Gasteiger partial charge in [0.05, 0.1) is 24.1 Å². The molecule has 0 aromatic heterocycles. The molecule has 5 nitrogen and oxygen atoms in total. The van der Waals surface area contributed by atoms with Crippen LogP contribution in [0.25, 0.3) is 0 Å². The molecule has 2 rings (SSSR count). The van der Waals surface area contributed by atoms with Crippen molar-refractivity contribution >= 4 is 9.84 Å². The fourth-order valence-corrected chi connectivity index (χ4v) is 3.35. The Kier molecular flexibility index (Phi) is 4.64. The van der Waals surface area contributed by atoms with Gasteiger partial charge in [-0.3, -0.25) is 0 Å². The van der Waals surface area contributed by atoms with Gasteiger partial charge >= 0.3 is 0 Å². The van der Waals surface area contributed by atoms with Crippen molar-refractivity contribution in [3.63, 3.8) is 0 Å². The van der Waals surface area contributed by atoms with Gasteiger partial charge in [0.1, 0.15) is 9.84 Å². The Morgan fingerprint density at radius 2 is 2.11 bits per heavy atom. The van der Waals surface area contributed by atoms with Gasteiger partial charge in [-0.05, 0) is 32.4 Å². The number of hydrogen-bond acceptors (Lipinski definition) is 5. The number of hydrogen-bond donors (Lipinski definition) is 1. The molecule has 18 heavy (non-hydrogen) atoms. The molecule has 1 atom stereocenters. The zero-order chi connectivity index (χ0) is 13.1. The van der Waals surface area contributed by atoms with E-state index in [2.05, 4.69) is 5.32 Å². The molecular weight excluding hydrogens is 254 g/mol. The summed E-state index contributed by atoms with van der Waals surface area (Å²) >= 11 is 0. The van der Waals surface area contributed by atoms with Gasteiger partial charge in [-0.1, -0.05) is 0 Å². The van der Waals surface area contributed by atoms with Gasteiger partial charge in [-0.25, -0.2) is 8.42 Å². The summed E-state index contributed by atoms with van der Waals surface area (Å²) in [5, 5.41) is 3.33. The smallest absolute Gasteiger partial charge is 0.147 e. The summed E-state index contributed by atoms with van der Waals surface area (Å²) in [5.74, 6) is 0.204. The molecule has 2 heterocycles. The summed E-state index contributed by atoms with van der Waals surface area (Å²) in [5.41, 5.74) is 0.0206. The van der Waals surface area contributed by atoms with Gasteiger partial charge in [-0.2, -0.15) is 0 Å². The van der Waals surface area contributed by atoms with Crippen LogP contribution in [-0.2, 0) is 19.3 Å². The van der Waals surface area contributed by atoms with Gasteiger partial charge < -0.3 is 14.8 Å². The molecule has 1 unspecified atom stereocenters. The minimum Gasteiger partial charge on any atom is -0.376 e. The lowest BCUT2D eigenvalue weighted by Crippen LogP contribution is -2.41. The highest BCUT2D eigenvalue weighted by molar-refractivity contribution is 7.90. The van der Waals surface area contributed by atoms with Crippen LogP contribution < -0.4 is 5.32 Å². The normalized spacial score (nSPS) is 27.7. The maximum absolute atomic E-state index is 11.0. The molecule has 2 fully saturated rings. The molecular formula is C12H23NO4S. The zero-order valence-corrected chi connectivity index (χ0v) is 11.8. The van der Waals surface area contributed by atoms with Gasteiger partial charge in [0, 0.05) is 19.3 Å². The van der Waals surface area contributed by atoms with E-state index in [0.717, 1.165) is 32.4 Å². The molecule has 2 saturated heterocycles. The molecule has 1 spiro atoms. The predicted molar refractivity (Wildman–Crippen MR) is 69.5 cm³/mol. The van der Waals surface area contributed by atoms with E-state index >= 15 is 0 Å². The molecule has 0 radical (unpaired) electrons. The van der Waals surface area contributed by atoms with Crippen molar-refractivity contribution in [2.75, 3.05) is 38.3 Å². The third kappa shape index (κ3) is 4.19. The minimum atomic E-state index is -2.87. The van der Waals surface area contributed by atoms with Crippen molar-refractivity contribution in [3.05, 3.63) is 0 Å². The summed E-state index contributed by atoms with van der Waals surface area (Å²) in [4.78, 5) is 0. The van der Waals surface area contributed by atoms with Crippen LogP contribution in [0.3, 0.4) is 0 Å². The number of rotatable bonds is 5. The molecule has 0 aromatic rings. The highest BCUT2D eigenvalue weighted by Gasteiger charge is 2.41. The molecule has 2 aliphatic rings. The molecule has 1 N–H and O–H groups in total. The first-order valence-electron chi connectivity index (χ1n) is 6.63. The van der Waals surface area contributed by atoms with E-state index in [1.165, 1.54) is 6.26 Å². The third-order valence-corrected chi connectivity index (χ3v) is 4.73. The van der Waals surface area contributed by atoms with Gasteiger partial charge in [0.2, 0.25) is 0 Å². The second-order valence-electron chi connectivity index (χ2n) is 5.42. The number of ether oxygens (including phenoxy) is 2. The van der Waals surface area contributed by atoms with Crippen molar-refractivity contribution in [3.8, 4) is 0 Å². The first-order chi connectivity index (χ1) is 8.49. The average Bonchev–Trinajstić information content (AvgIpc) is 2.68. The van der Waals surface area contributed by atoms with Crippen molar-refractivity contribution in [2.24, 2.45) is 0 Å². The van der Waals surface area contributed by atoms with Crippen LogP contribution in [0.2, 0.25) is 0 Å². The van der Waals surface area contributed by atoms with Crippen LogP contribution in [-0.4, -0.2) is 58.4 Å². The van der Waals surface area contributed by atoms with E-state index in [4.69, 9.17) is 9.47 Å². The lowest BCUT2D eigenvalue weighted by Gasteiger charge is -2.32. The molecule has 0 saturated carbocycles. The van der Waals surface area contributed by atoms with E-state index in [1.54, 1.807) is 0 Å². The predicted octanol–water partition coefficient (Wildman–Crippen LogP) is 0.349.